The van der Waals surface area contributed by atoms with Gasteiger partial charge in [-0.25, -0.2) is 8.42 Å². The van der Waals surface area contributed by atoms with E-state index in [4.69, 9.17) is 23.2 Å². The van der Waals surface area contributed by atoms with Crippen LogP contribution in [-0.4, -0.2) is 44.3 Å². The van der Waals surface area contributed by atoms with E-state index in [-0.39, 0.29) is 23.8 Å². The smallest absolute Gasteiger partial charge is 0.264 e. The van der Waals surface area contributed by atoms with Crippen LogP contribution in [-0.2, 0) is 32.6 Å². The van der Waals surface area contributed by atoms with Gasteiger partial charge in [-0.3, -0.25) is 13.9 Å². The van der Waals surface area contributed by atoms with Crippen molar-refractivity contribution >= 4 is 66.7 Å². The van der Waals surface area contributed by atoms with Gasteiger partial charge in [0.25, 0.3) is 10.0 Å². The highest BCUT2D eigenvalue weighted by molar-refractivity contribution is 9.10. The zero-order chi connectivity index (χ0) is 32.4. The van der Waals surface area contributed by atoms with Crippen LogP contribution in [0.2, 0.25) is 10.0 Å². The van der Waals surface area contributed by atoms with Crippen LogP contribution in [0.5, 0.6) is 0 Å². The Morgan fingerprint density at radius 2 is 1.53 bits per heavy atom. The van der Waals surface area contributed by atoms with Crippen LogP contribution >= 0.6 is 39.1 Å². The second-order valence-electron chi connectivity index (χ2n) is 10.4. The van der Waals surface area contributed by atoms with Crippen LogP contribution in [0.4, 0.5) is 5.69 Å². The molecule has 0 aliphatic rings. The minimum absolute atomic E-state index is 0.00781. The molecule has 0 saturated carbocycles. The molecule has 236 valence electrons. The van der Waals surface area contributed by atoms with E-state index in [0.717, 1.165) is 22.7 Å². The van der Waals surface area contributed by atoms with Gasteiger partial charge in [0.15, 0.2) is 0 Å². The fourth-order valence-corrected chi connectivity index (χ4v) is 6.91. The lowest BCUT2D eigenvalue weighted by molar-refractivity contribution is -0.140. The van der Waals surface area contributed by atoms with E-state index >= 15 is 0 Å². The van der Waals surface area contributed by atoms with Crippen molar-refractivity contribution in [1.29, 1.82) is 0 Å². The third-order valence-corrected chi connectivity index (χ3v) is 10.2. The van der Waals surface area contributed by atoms with Crippen LogP contribution in [0, 0.1) is 0 Å². The quantitative estimate of drug-likeness (QED) is 0.136. The average Bonchev–Trinajstić information content (AvgIpc) is 3.04. The highest BCUT2D eigenvalue weighted by Crippen LogP contribution is 2.28. The molecule has 0 heterocycles. The lowest BCUT2D eigenvalue weighted by Crippen LogP contribution is -2.53. The van der Waals surface area contributed by atoms with Crippen LogP contribution < -0.4 is 9.62 Å². The van der Waals surface area contributed by atoms with Crippen molar-refractivity contribution in [1.82, 2.24) is 10.2 Å². The van der Waals surface area contributed by atoms with Crippen molar-refractivity contribution in [2.45, 2.75) is 43.7 Å². The summed E-state index contributed by atoms with van der Waals surface area (Å²) in [4.78, 5) is 29.8. The van der Waals surface area contributed by atoms with Gasteiger partial charge in [-0.1, -0.05) is 113 Å². The maximum absolute atomic E-state index is 14.5. The van der Waals surface area contributed by atoms with Gasteiger partial charge >= 0.3 is 0 Å². The summed E-state index contributed by atoms with van der Waals surface area (Å²) < 4.78 is 29.8. The Hall–Kier alpha value is -3.37. The number of nitrogens with one attached hydrogen (secondary N) is 1. The van der Waals surface area contributed by atoms with E-state index in [1.54, 1.807) is 60.7 Å². The monoisotopic (exact) mass is 729 g/mol. The van der Waals surface area contributed by atoms with Gasteiger partial charge in [0.05, 0.1) is 20.6 Å². The number of rotatable bonds is 14. The summed E-state index contributed by atoms with van der Waals surface area (Å²) in [7, 11) is -4.18. The summed E-state index contributed by atoms with van der Waals surface area (Å²) >= 11 is 15.9. The van der Waals surface area contributed by atoms with Crippen LogP contribution in [0.25, 0.3) is 0 Å². The highest BCUT2D eigenvalue weighted by Gasteiger charge is 2.34. The first-order chi connectivity index (χ1) is 21.6. The first-order valence-corrected chi connectivity index (χ1v) is 17.5. The molecule has 0 radical (unpaired) electrons. The van der Waals surface area contributed by atoms with E-state index in [9.17, 15) is 18.0 Å². The van der Waals surface area contributed by atoms with Crippen molar-refractivity contribution in [3.63, 3.8) is 0 Å². The Balaban J connectivity index is 1.80. The molecular weight excluding hydrogens is 697 g/mol. The van der Waals surface area contributed by atoms with E-state index in [2.05, 4.69) is 21.2 Å². The number of benzene rings is 4. The molecule has 45 heavy (non-hydrogen) atoms. The fraction of sp³-hybridized carbons (Fsp3) is 0.235. The number of halogens is 3. The Kier molecular flexibility index (Phi) is 12.5. The minimum atomic E-state index is -4.18. The molecule has 0 aliphatic heterocycles. The molecular formula is C34H34BrCl2N3O4S. The topological polar surface area (TPSA) is 86.8 Å². The largest absolute Gasteiger partial charge is 0.354 e. The van der Waals surface area contributed by atoms with E-state index in [0.29, 0.717) is 32.3 Å². The number of hydrogen-bond donors (Lipinski definition) is 1. The molecule has 1 atom stereocenters. The molecule has 0 fully saturated rings. The van der Waals surface area contributed by atoms with Crippen molar-refractivity contribution in [3.05, 3.63) is 129 Å². The van der Waals surface area contributed by atoms with Crippen LogP contribution in [0.3, 0.4) is 0 Å². The molecule has 7 nitrogen and oxygen atoms in total. The third kappa shape index (κ3) is 9.33. The normalized spacial score (nSPS) is 11.9. The number of carbonyl (C=O) groups excluding carboxylic acids is 2. The first-order valence-electron chi connectivity index (χ1n) is 14.5. The number of nitrogens with zero attached hydrogens (tertiary/aromatic N) is 2. The average molecular weight is 732 g/mol. The van der Waals surface area contributed by atoms with Crippen molar-refractivity contribution in [2.75, 3.05) is 17.4 Å². The van der Waals surface area contributed by atoms with Gasteiger partial charge in [-0.15, -0.1) is 0 Å². The zero-order valence-corrected chi connectivity index (χ0v) is 28.6. The molecule has 1 N–H and O–H groups in total. The second-order valence-corrected chi connectivity index (χ2v) is 14.0. The summed E-state index contributed by atoms with van der Waals surface area (Å²) in [5.74, 6) is -0.896. The minimum Gasteiger partial charge on any atom is -0.354 e. The molecule has 4 aromatic rings. The number of amides is 2. The predicted octanol–water partition coefficient (Wildman–Crippen LogP) is 7.51. The number of sulfonamides is 1. The number of hydrogen-bond acceptors (Lipinski definition) is 4. The number of unbranched alkanes of at least 4 members (excludes halogenated alkanes) is 1. The first kappa shape index (κ1) is 34.5. The maximum Gasteiger partial charge on any atom is 0.264 e. The summed E-state index contributed by atoms with van der Waals surface area (Å²) in [6, 6.07) is 28.1. The molecule has 0 bridgehead atoms. The van der Waals surface area contributed by atoms with Crippen molar-refractivity contribution in [2.24, 2.45) is 0 Å². The molecule has 0 spiro atoms. The zero-order valence-electron chi connectivity index (χ0n) is 24.7. The fourth-order valence-electron chi connectivity index (χ4n) is 4.77. The standard InChI is InChI=1S/C34H34BrCl2N3O4S/c1-2-3-19-38-34(42)32(21-25-11-6-4-7-12-25)39(23-26-17-18-30(36)31(37)20-26)33(41)24-40(28-14-10-13-27(35)22-28)45(43,44)29-15-8-5-9-16-29/h4-18,20,22,32H,2-3,19,21,23-24H2,1H3,(H,38,42)/t32-/m0/s1. The van der Waals surface area contributed by atoms with Gasteiger partial charge in [0.1, 0.15) is 12.6 Å². The molecule has 2 amide bonds. The van der Waals surface area contributed by atoms with E-state index in [1.165, 1.54) is 17.0 Å². The van der Waals surface area contributed by atoms with Gasteiger partial charge in [0, 0.05) is 24.0 Å². The molecule has 4 rings (SSSR count). The summed E-state index contributed by atoms with van der Waals surface area (Å²) in [5, 5.41) is 3.63. The predicted molar refractivity (Wildman–Crippen MR) is 184 cm³/mol. The SMILES string of the molecule is CCCCNC(=O)[C@H](Cc1ccccc1)N(Cc1ccc(Cl)c(Cl)c1)C(=O)CN(c1cccc(Br)c1)S(=O)(=O)c1ccccc1. The molecule has 0 aromatic heterocycles. The van der Waals surface area contributed by atoms with Crippen LogP contribution in [0.1, 0.15) is 30.9 Å². The molecule has 0 unspecified atom stereocenters. The van der Waals surface area contributed by atoms with Crippen molar-refractivity contribution in [3.8, 4) is 0 Å². The Bertz CT molecular complexity index is 1710. The number of anilines is 1. The molecule has 0 aliphatic carbocycles. The summed E-state index contributed by atoms with van der Waals surface area (Å²) in [6.07, 6.45) is 1.87. The highest BCUT2D eigenvalue weighted by atomic mass is 79.9. The van der Waals surface area contributed by atoms with Gasteiger partial charge in [-0.2, -0.15) is 0 Å². The van der Waals surface area contributed by atoms with Crippen molar-refractivity contribution < 1.29 is 18.0 Å². The Morgan fingerprint density at radius 3 is 2.18 bits per heavy atom. The summed E-state index contributed by atoms with van der Waals surface area (Å²) in [6.45, 7) is 1.91. The molecule has 0 saturated heterocycles. The van der Waals surface area contributed by atoms with Gasteiger partial charge < -0.3 is 10.2 Å². The second kappa shape index (κ2) is 16.3. The van der Waals surface area contributed by atoms with Gasteiger partial charge in [-0.05, 0) is 60.0 Å². The van der Waals surface area contributed by atoms with E-state index in [1.807, 2.05) is 37.3 Å². The number of carbonyl (C=O) groups is 2. The van der Waals surface area contributed by atoms with Crippen LogP contribution in [0.15, 0.2) is 112 Å². The summed E-state index contributed by atoms with van der Waals surface area (Å²) in [5.41, 5.74) is 1.78. The molecule has 4 aromatic carbocycles. The Labute approximate surface area is 283 Å². The lowest BCUT2D eigenvalue weighted by atomic mass is 10.0. The third-order valence-electron chi connectivity index (χ3n) is 7.14. The van der Waals surface area contributed by atoms with E-state index < -0.39 is 28.5 Å². The lowest BCUT2D eigenvalue weighted by Gasteiger charge is -2.34. The Morgan fingerprint density at radius 1 is 0.844 bits per heavy atom. The maximum atomic E-state index is 14.5. The van der Waals surface area contributed by atoms with Gasteiger partial charge in [0.2, 0.25) is 11.8 Å². The molecule has 11 heteroatoms.